The van der Waals surface area contributed by atoms with E-state index < -0.39 is 5.97 Å². The van der Waals surface area contributed by atoms with Gasteiger partial charge < -0.3 is 19.8 Å². The van der Waals surface area contributed by atoms with E-state index in [4.69, 9.17) is 14.9 Å². The maximum absolute atomic E-state index is 11.6. The summed E-state index contributed by atoms with van der Waals surface area (Å²) < 4.78 is 9.91. The number of nitrogen functional groups attached to an aromatic ring is 1. The molecule has 8 heteroatoms. The summed E-state index contributed by atoms with van der Waals surface area (Å²) in [6.45, 7) is -0.104. The number of carbonyl (C=O) groups is 1. The summed E-state index contributed by atoms with van der Waals surface area (Å²) >= 11 is 0. The van der Waals surface area contributed by atoms with Crippen LogP contribution in [-0.4, -0.2) is 35.0 Å². The van der Waals surface area contributed by atoms with Gasteiger partial charge in [0.15, 0.2) is 12.4 Å². The molecule has 0 aliphatic rings. The van der Waals surface area contributed by atoms with Crippen molar-refractivity contribution in [1.82, 2.24) is 15.0 Å². The Morgan fingerprint density at radius 3 is 2.84 bits per heavy atom. The maximum Gasteiger partial charge on any atom is 0.374 e. The smallest absolute Gasteiger partial charge is 0.374 e. The van der Waals surface area contributed by atoms with Gasteiger partial charge in [0, 0.05) is 14.1 Å². The fourth-order valence-electron chi connectivity index (χ4n) is 1.29. The molecular formula is C11H13N5O3. The zero-order valence-electron chi connectivity index (χ0n) is 10.5. The Hall–Kier alpha value is -2.64. The fraction of sp³-hybridized carbons (Fsp3) is 0.273. The van der Waals surface area contributed by atoms with E-state index in [0.717, 1.165) is 0 Å². The van der Waals surface area contributed by atoms with Gasteiger partial charge in [-0.15, -0.1) is 0 Å². The molecule has 0 bridgehead atoms. The Labute approximate surface area is 109 Å². The molecule has 8 nitrogen and oxygen atoms in total. The van der Waals surface area contributed by atoms with Crippen LogP contribution in [0, 0.1) is 0 Å². The zero-order chi connectivity index (χ0) is 13.8. The lowest BCUT2D eigenvalue weighted by Gasteiger charge is -2.11. The van der Waals surface area contributed by atoms with Crippen LogP contribution in [0.2, 0.25) is 0 Å². The molecule has 2 heterocycles. The molecule has 0 aliphatic carbocycles. The van der Waals surface area contributed by atoms with E-state index in [-0.39, 0.29) is 24.1 Å². The fourth-order valence-corrected chi connectivity index (χ4v) is 1.29. The third kappa shape index (κ3) is 3.18. The van der Waals surface area contributed by atoms with Crippen molar-refractivity contribution in [2.45, 2.75) is 6.61 Å². The highest BCUT2D eigenvalue weighted by atomic mass is 16.5. The molecule has 2 rings (SSSR count). The van der Waals surface area contributed by atoms with Crippen molar-refractivity contribution in [3.63, 3.8) is 0 Å². The largest absolute Gasteiger partial charge is 0.457 e. The number of furan rings is 1. The van der Waals surface area contributed by atoms with Crippen molar-refractivity contribution in [3.8, 4) is 0 Å². The number of hydrogen-bond donors (Lipinski definition) is 1. The summed E-state index contributed by atoms with van der Waals surface area (Å²) in [6, 6.07) is 3.11. The highest BCUT2D eigenvalue weighted by molar-refractivity contribution is 5.86. The molecule has 2 N–H and O–H groups in total. The van der Waals surface area contributed by atoms with Gasteiger partial charge in [-0.05, 0) is 12.1 Å². The number of esters is 1. The van der Waals surface area contributed by atoms with Crippen LogP contribution in [-0.2, 0) is 11.3 Å². The normalized spacial score (nSPS) is 10.2. The van der Waals surface area contributed by atoms with Crippen LogP contribution in [0.1, 0.15) is 16.4 Å². The third-order valence-corrected chi connectivity index (χ3v) is 2.14. The van der Waals surface area contributed by atoms with Crippen LogP contribution in [0.25, 0.3) is 0 Å². The monoisotopic (exact) mass is 263 g/mol. The summed E-state index contributed by atoms with van der Waals surface area (Å²) in [6.07, 6.45) is 1.39. The van der Waals surface area contributed by atoms with Gasteiger partial charge >= 0.3 is 5.97 Å². The van der Waals surface area contributed by atoms with Crippen LogP contribution >= 0.6 is 0 Å². The van der Waals surface area contributed by atoms with Gasteiger partial charge in [0.25, 0.3) is 0 Å². The number of nitrogens with two attached hydrogens (primary N) is 1. The molecule has 19 heavy (non-hydrogen) atoms. The van der Waals surface area contributed by atoms with E-state index in [1.807, 2.05) is 0 Å². The van der Waals surface area contributed by atoms with Gasteiger partial charge in [0.05, 0.1) is 6.26 Å². The molecule has 0 unspecified atom stereocenters. The van der Waals surface area contributed by atoms with Crippen molar-refractivity contribution in [3.05, 3.63) is 30.0 Å². The Morgan fingerprint density at radius 2 is 2.21 bits per heavy atom. The molecule has 0 spiro atoms. The van der Waals surface area contributed by atoms with Crippen LogP contribution < -0.4 is 10.6 Å². The first kappa shape index (κ1) is 12.8. The molecule has 0 radical (unpaired) electrons. The molecule has 0 saturated heterocycles. The molecule has 2 aromatic heterocycles. The van der Waals surface area contributed by atoms with Gasteiger partial charge in [-0.25, -0.2) is 4.79 Å². The second kappa shape index (κ2) is 5.34. The second-order valence-electron chi connectivity index (χ2n) is 3.86. The van der Waals surface area contributed by atoms with Gasteiger partial charge in [0.1, 0.15) is 0 Å². The summed E-state index contributed by atoms with van der Waals surface area (Å²) in [5, 5.41) is 0. The van der Waals surface area contributed by atoms with E-state index in [2.05, 4.69) is 15.0 Å². The number of anilines is 2. The average molecular weight is 263 g/mol. The van der Waals surface area contributed by atoms with Gasteiger partial charge in [-0.1, -0.05) is 0 Å². The Balaban J connectivity index is 2.05. The van der Waals surface area contributed by atoms with Crippen LogP contribution in [0.15, 0.2) is 22.8 Å². The van der Waals surface area contributed by atoms with Crippen LogP contribution in [0.3, 0.4) is 0 Å². The van der Waals surface area contributed by atoms with E-state index in [1.54, 1.807) is 25.1 Å². The predicted molar refractivity (Wildman–Crippen MR) is 66.4 cm³/mol. The van der Waals surface area contributed by atoms with Crippen LogP contribution in [0.4, 0.5) is 11.9 Å². The average Bonchev–Trinajstić information content (AvgIpc) is 2.89. The van der Waals surface area contributed by atoms with E-state index >= 15 is 0 Å². The first-order valence-corrected chi connectivity index (χ1v) is 5.44. The standard InChI is InChI=1S/C11H13N5O3/c1-16(2)11-14-8(13-10(12)15-11)6-19-9(17)7-4-3-5-18-7/h3-5H,6H2,1-2H3,(H2,12,13,14,15). The Bertz CT molecular complexity index is 568. The molecule has 2 aromatic rings. The first-order valence-electron chi connectivity index (χ1n) is 5.44. The molecule has 0 atom stereocenters. The van der Waals surface area contributed by atoms with Crippen molar-refractivity contribution in [2.24, 2.45) is 0 Å². The minimum absolute atomic E-state index is 0.0720. The lowest BCUT2D eigenvalue weighted by Crippen LogP contribution is -2.17. The van der Waals surface area contributed by atoms with Crippen molar-refractivity contribution in [2.75, 3.05) is 24.7 Å². The summed E-state index contributed by atoms with van der Waals surface area (Å²) in [7, 11) is 3.54. The highest BCUT2D eigenvalue weighted by Crippen LogP contribution is 2.08. The molecule has 0 amide bonds. The highest BCUT2D eigenvalue weighted by Gasteiger charge is 2.12. The van der Waals surface area contributed by atoms with Crippen molar-refractivity contribution in [1.29, 1.82) is 0 Å². The molecule has 0 aromatic carbocycles. The first-order chi connectivity index (χ1) is 9.06. The quantitative estimate of drug-likeness (QED) is 0.793. The number of aromatic nitrogens is 3. The molecule has 0 fully saturated rings. The second-order valence-corrected chi connectivity index (χ2v) is 3.86. The van der Waals surface area contributed by atoms with E-state index in [1.165, 1.54) is 12.3 Å². The molecule has 0 aliphatic heterocycles. The number of hydrogen-bond acceptors (Lipinski definition) is 8. The van der Waals surface area contributed by atoms with E-state index in [0.29, 0.717) is 5.95 Å². The summed E-state index contributed by atoms with van der Waals surface area (Å²) in [5.74, 6) is 0.278. The summed E-state index contributed by atoms with van der Waals surface area (Å²) in [4.78, 5) is 25.2. The molecule has 0 saturated carbocycles. The number of rotatable bonds is 4. The predicted octanol–water partition coefficient (Wildman–Crippen LogP) is 0.470. The zero-order valence-corrected chi connectivity index (χ0v) is 10.5. The Kier molecular flexibility index (Phi) is 3.60. The number of ether oxygens (including phenoxy) is 1. The molecule has 100 valence electrons. The number of carbonyl (C=O) groups excluding carboxylic acids is 1. The van der Waals surface area contributed by atoms with Crippen molar-refractivity contribution >= 4 is 17.9 Å². The summed E-state index contributed by atoms with van der Waals surface area (Å²) in [5.41, 5.74) is 5.55. The SMILES string of the molecule is CN(C)c1nc(N)nc(COC(=O)c2ccco2)n1. The maximum atomic E-state index is 11.6. The minimum atomic E-state index is -0.588. The van der Waals surface area contributed by atoms with Gasteiger partial charge in [0.2, 0.25) is 17.7 Å². The minimum Gasteiger partial charge on any atom is -0.457 e. The topological polar surface area (TPSA) is 107 Å². The Morgan fingerprint density at radius 1 is 1.42 bits per heavy atom. The van der Waals surface area contributed by atoms with Gasteiger partial charge in [-0.2, -0.15) is 15.0 Å². The lowest BCUT2D eigenvalue weighted by molar-refractivity contribution is 0.0425. The van der Waals surface area contributed by atoms with Crippen LogP contribution in [0.5, 0.6) is 0 Å². The number of nitrogens with zero attached hydrogens (tertiary/aromatic N) is 4. The lowest BCUT2D eigenvalue weighted by atomic mass is 10.4. The van der Waals surface area contributed by atoms with Gasteiger partial charge in [-0.3, -0.25) is 0 Å². The molecular weight excluding hydrogens is 250 g/mol. The third-order valence-electron chi connectivity index (χ3n) is 2.14. The van der Waals surface area contributed by atoms with Crippen molar-refractivity contribution < 1.29 is 13.9 Å². The van der Waals surface area contributed by atoms with E-state index in [9.17, 15) is 4.79 Å².